The van der Waals surface area contributed by atoms with Gasteiger partial charge in [-0.2, -0.15) is 5.26 Å². The number of ketones is 1. The van der Waals surface area contributed by atoms with E-state index in [1.54, 1.807) is 0 Å². The third-order valence-electron chi connectivity index (χ3n) is 6.47. The van der Waals surface area contributed by atoms with Gasteiger partial charge in [-0.15, -0.1) is 0 Å². The van der Waals surface area contributed by atoms with Crippen LogP contribution in [-0.4, -0.2) is 51.1 Å². The number of nitrogens with one attached hydrogen (secondary N) is 1. The molecule has 4 rings (SSSR count). The van der Waals surface area contributed by atoms with E-state index < -0.39 is 47.0 Å². The first-order valence-corrected chi connectivity index (χ1v) is 11.9. The van der Waals surface area contributed by atoms with Gasteiger partial charge in [-0.05, 0) is 11.8 Å². The Hall–Kier alpha value is -4.31. The number of hydrogen-bond donors (Lipinski definition) is 2. The van der Waals surface area contributed by atoms with Crippen LogP contribution in [0.25, 0.3) is 11.1 Å². The summed E-state index contributed by atoms with van der Waals surface area (Å²) in [4.78, 5) is 68.5. The van der Waals surface area contributed by atoms with E-state index in [0.29, 0.717) is 12.1 Å². The Morgan fingerprint density at radius 1 is 1.24 bits per heavy atom. The number of carbonyl (C=O) groups is 3. The lowest BCUT2D eigenvalue weighted by molar-refractivity contribution is -0.155. The standard InChI is InChI=1S/C25H27N5O8/c1-11(31)36-10-18-17(37-12(2)32)5-19(38-18)30-9-14(23(34)29-24(30)35)20-13(8-26)22(27)28-15-6-25(3,4)7-16(33)21(15)20/h9,17-19H,5-7,10H2,1-4H3,(H2,27,28)(H,29,34,35)/t17?,18-,19-/m1/s1. The van der Waals surface area contributed by atoms with Gasteiger partial charge in [-0.25, -0.2) is 9.78 Å². The lowest BCUT2D eigenvalue weighted by Gasteiger charge is -2.31. The number of nitriles is 1. The number of aromatic nitrogens is 3. The van der Waals surface area contributed by atoms with Crippen molar-refractivity contribution in [2.45, 2.75) is 65.4 Å². The highest BCUT2D eigenvalue weighted by Gasteiger charge is 2.41. The maximum absolute atomic E-state index is 13.2. The molecule has 1 fully saturated rings. The molecule has 3 heterocycles. The van der Waals surface area contributed by atoms with Crippen LogP contribution in [0.5, 0.6) is 0 Å². The maximum Gasteiger partial charge on any atom is 0.330 e. The number of esters is 2. The van der Waals surface area contributed by atoms with Crippen LogP contribution in [0, 0.1) is 16.7 Å². The van der Waals surface area contributed by atoms with Crippen molar-refractivity contribution in [1.82, 2.24) is 14.5 Å². The molecule has 0 spiro atoms. The van der Waals surface area contributed by atoms with Crippen molar-refractivity contribution in [2.75, 3.05) is 12.3 Å². The molecule has 2 aromatic heterocycles. The normalized spacial score (nSPS) is 21.9. The van der Waals surface area contributed by atoms with Crippen LogP contribution < -0.4 is 17.0 Å². The number of fused-ring (bicyclic) bond motifs is 1. The van der Waals surface area contributed by atoms with Gasteiger partial charge in [-0.3, -0.25) is 28.7 Å². The molecule has 2 aromatic rings. The number of nitrogens with two attached hydrogens (primary N) is 1. The third kappa shape index (κ3) is 5.08. The number of nitrogens with zero attached hydrogens (tertiary/aromatic N) is 3. The van der Waals surface area contributed by atoms with Gasteiger partial charge in [0.1, 0.15) is 42.5 Å². The van der Waals surface area contributed by atoms with Crippen LogP contribution in [0.3, 0.4) is 0 Å². The highest BCUT2D eigenvalue weighted by Crippen LogP contribution is 2.40. The zero-order valence-electron chi connectivity index (χ0n) is 21.3. The summed E-state index contributed by atoms with van der Waals surface area (Å²) < 4.78 is 17.2. The molecule has 1 unspecified atom stereocenters. The van der Waals surface area contributed by atoms with Crippen molar-refractivity contribution in [3.05, 3.63) is 43.9 Å². The van der Waals surface area contributed by atoms with Gasteiger partial charge in [0, 0.05) is 44.0 Å². The monoisotopic (exact) mass is 525 g/mol. The van der Waals surface area contributed by atoms with Crippen molar-refractivity contribution in [1.29, 1.82) is 5.26 Å². The minimum absolute atomic E-state index is 0.00324. The quantitative estimate of drug-likeness (QED) is 0.528. The molecular formula is C25H27N5O8. The van der Waals surface area contributed by atoms with Gasteiger partial charge >= 0.3 is 17.6 Å². The Labute approximate surface area is 216 Å². The number of carbonyl (C=O) groups excluding carboxylic acids is 3. The zero-order chi connectivity index (χ0) is 27.9. The average molecular weight is 526 g/mol. The zero-order valence-corrected chi connectivity index (χ0v) is 21.3. The smallest absolute Gasteiger partial charge is 0.330 e. The summed E-state index contributed by atoms with van der Waals surface area (Å²) in [6.07, 6.45) is -1.01. The van der Waals surface area contributed by atoms with Gasteiger partial charge in [-0.1, -0.05) is 13.8 Å². The molecule has 13 heteroatoms. The molecule has 0 amide bonds. The average Bonchev–Trinajstić information content (AvgIpc) is 3.17. The van der Waals surface area contributed by atoms with Gasteiger partial charge in [0.2, 0.25) is 0 Å². The fourth-order valence-corrected chi connectivity index (χ4v) is 4.94. The van der Waals surface area contributed by atoms with Gasteiger partial charge < -0.3 is 19.9 Å². The van der Waals surface area contributed by atoms with E-state index in [0.717, 1.165) is 4.57 Å². The summed E-state index contributed by atoms with van der Waals surface area (Å²) in [5.74, 6) is -1.61. The second kappa shape index (κ2) is 9.86. The molecule has 3 atom stereocenters. The topological polar surface area (TPSA) is 196 Å². The molecule has 0 bridgehead atoms. The number of anilines is 1. The van der Waals surface area contributed by atoms with Crippen molar-refractivity contribution < 1.29 is 28.6 Å². The Morgan fingerprint density at radius 3 is 2.58 bits per heavy atom. The van der Waals surface area contributed by atoms with Gasteiger partial charge in [0.15, 0.2) is 5.78 Å². The number of H-pyrrole nitrogens is 1. The van der Waals surface area contributed by atoms with E-state index in [1.807, 2.05) is 19.9 Å². The Balaban J connectivity index is 1.85. The van der Waals surface area contributed by atoms with Crippen LogP contribution >= 0.6 is 0 Å². The summed E-state index contributed by atoms with van der Waals surface area (Å²) in [5.41, 5.74) is 4.17. The molecule has 0 radical (unpaired) electrons. The fourth-order valence-electron chi connectivity index (χ4n) is 4.94. The number of pyridine rings is 1. The summed E-state index contributed by atoms with van der Waals surface area (Å²) in [6.45, 7) is 5.99. The molecule has 0 saturated carbocycles. The lowest BCUT2D eigenvalue weighted by atomic mass is 9.73. The molecule has 1 saturated heterocycles. The summed E-state index contributed by atoms with van der Waals surface area (Å²) in [5, 5.41) is 9.86. The van der Waals surface area contributed by atoms with Crippen LogP contribution in [0.15, 0.2) is 15.8 Å². The van der Waals surface area contributed by atoms with Crippen molar-refractivity contribution in [2.24, 2.45) is 5.41 Å². The van der Waals surface area contributed by atoms with E-state index >= 15 is 0 Å². The number of ether oxygens (including phenoxy) is 3. The molecule has 200 valence electrons. The minimum Gasteiger partial charge on any atom is -0.463 e. The van der Waals surface area contributed by atoms with Gasteiger partial charge in [0.25, 0.3) is 5.56 Å². The first-order chi connectivity index (χ1) is 17.8. The molecule has 1 aliphatic carbocycles. The Morgan fingerprint density at radius 2 is 1.95 bits per heavy atom. The predicted molar refractivity (Wildman–Crippen MR) is 131 cm³/mol. The van der Waals surface area contributed by atoms with Crippen LogP contribution in [0.2, 0.25) is 0 Å². The van der Waals surface area contributed by atoms with Crippen LogP contribution in [-0.2, 0) is 30.2 Å². The van der Waals surface area contributed by atoms with E-state index in [4.69, 9.17) is 19.9 Å². The van der Waals surface area contributed by atoms with Crippen molar-refractivity contribution >= 4 is 23.5 Å². The Bertz CT molecular complexity index is 1500. The van der Waals surface area contributed by atoms with Crippen LogP contribution in [0.1, 0.15) is 68.4 Å². The number of rotatable bonds is 5. The summed E-state index contributed by atoms with van der Waals surface area (Å²) in [7, 11) is 0. The highest BCUT2D eigenvalue weighted by molar-refractivity contribution is 6.06. The van der Waals surface area contributed by atoms with Crippen LogP contribution in [0.4, 0.5) is 5.82 Å². The second-order valence-electron chi connectivity index (χ2n) is 10.1. The largest absolute Gasteiger partial charge is 0.463 e. The second-order valence-corrected chi connectivity index (χ2v) is 10.1. The van der Waals surface area contributed by atoms with E-state index in [-0.39, 0.29) is 53.3 Å². The van der Waals surface area contributed by atoms with E-state index in [2.05, 4.69) is 9.97 Å². The number of nitrogen functional groups attached to an aromatic ring is 1. The highest BCUT2D eigenvalue weighted by atomic mass is 16.6. The van der Waals surface area contributed by atoms with E-state index in [9.17, 15) is 29.2 Å². The first-order valence-electron chi connectivity index (χ1n) is 11.9. The number of hydrogen-bond acceptors (Lipinski definition) is 11. The fraction of sp³-hybridized carbons (Fsp3) is 0.480. The number of aromatic amines is 1. The van der Waals surface area contributed by atoms with E-state index in [1.165, 1.54) is 20.0 Å². The molecule has 13 nitrogen and oxygen atoms in total. The molecule has 3 N–H and O–H groups in total. The minimum atomic E-state index is -1.03. The predicted octanol–water partition coefficient (Wildman–Crippen LogP) is 0.990. The third-order valence-corrected chi connectivity index (χ3v) is 6.47. The molecular weight excluding hydrogens is 498 g/mol. The van der Waals surface area contributed by atoms with Crippen molar-refractivity contribution in [3.8, 4) is 17.2 Å². The lowest BCUT2D eigenvalue weighted by Crippen LogP contribution is -2.34. The molecule has 1 aliphatic heterocycles. The SMILES string of the molecule is CC(=O)OC[C@H]1O[C@@H](n2cc(-c3c(C#N)c(N)nc4c3C(=O)CC(C)(C)C4)c(=O)[nH]c2=O)CC1OC(C)=O. The molecule has 2 aliphatic rings. The number of Topliss-reactive ketones (excluding diaryl/α,β-unsaturated/α-hetero) is 1. The molecule has 38 heavy (non-hydrogen) atoms. The van der Waals surface area contributed by atoms with Gasteiger partial charge in [0.05, 0.1) is 11.3 Å². The Kier molecular flexibility index (Phi) is 6.94. The summed E-state index contributed by atoms with van der Waals surface area (Å²) in [6, 6.07) is 1.93. The molecule has 0 aromatic carbocycles. The van der Waals surface area contributed by atoms with Crippen molar-refractivity contribution in [3.63, 3.8) is 0 Å². The first kappa shape index (κ1) is 26.7. The maximum atomic E-state index is 13.2. The summed E-state index contributed by atoms with van der Waals surface area (Å²) >= 11 is 0.